The molecule has 1 saturated heterocycles. The van der Waals surface area contributed by atoms with Gasteiger partial charge in [0.15, 0.2) is 0 Å². The minimum atomic E-state index is -0.409. The highest BCUT2D eigenvalue weighted by Gasteiger charge is 2.32. The summed E-state index contributed by atoms with van der Waals surface area (Å²) in [6.07, 6.45) is 3.47. The number of hydrogen-bond acceptors (Lipinski definition) is 5. The summed E-state index contributed by atoms with van der Waals surface area (Å²) in [5, 5.41) is 7.72. The fourth-order valence-corrected chi connectivity index (χ4v) is 3.54. The standard InChI is InChI=1S/C21H23FN6O.ClH/c1-14(2)20-25-19(26-28(20)17-8-4-3-7-16(17)22)21(29)27-11-10-24-13-18(27)15-6-5-9-23-12-15;/h3-9,12,14,18,24H,10-11,13H2,1-2H3;1H. The van der Waals surface area contributed by atoms with Gasteiger partial charge in [0.2, 0.25) is 5.82 Å². The smallest absolute Gasteiger partial charge is 0.294 e. The van der Waals surface area contributed by atoms with E-state index in [1.165, 1.54) is 10.7 Å². The number of rotatable bonds is 4. The minimum Gasteiger partial charge on any atom is -0.326 e. The topological polar surface area (TPSA) is 75.9 Å². The molecule has 1 fully saturated rings. The summed E-state index contributed by atoms with van der Waals surface area (Å²) >= 11 is 0. The normalized spacial score (nSPS) is 16.4. The molecule has 1 aromatic carbocycles. The minimum absolute atomic E-state index is 0. The van der Waals surface area contributed by atoms with Gasteiger partial charge in [0.25, 0.3) is 5.91 Å². The predicted octanol–water partition coefficient (Wildman–Crippen LogP) is 3.13. The summed E-state index contributed by atoms with van der Waals surface area (Å²) in [6, 6.07) is 10.0. The number of pyridine rings is 1. The number of nitrogens with zero attached hydrogens (tertiary/aromatic N) is 5. The van der Waals surface area contributed by atoms with Crippen LogP contribution < -0.4 is 5.32 Å². The van der Waals surface area contributed by atoms with E-state index in [-0.39, 0.29) is 41.8 Å². The second kappa shape index (κ2) is 9.32. The summed E-state index contributed by atoms with van der Waals surface area (Å²) in [6.45, 7) is 5.73. The second-order valence-corrected chi connectivity index (χ2v) is 7.32. The number of amides is 1. The van der Waals surface area contributed by atoms with Gasteiger partial charge < -0.3 is 10.2 Å². The van der Waals surface area contributed by atoms with E-state index in [9.17, 15) is 9.18 Å². The lowest BCUT2D eigenvalue weighted by molar-refractivity contribution is 0.0621. The highest BCUT2D eigenvalue weighted by atomic mass is 35.5. The monoisotopic (exact) mass is 430 g/mol. The zero-order valence-corrected chi connectivity index (χ0v) is 17.6. The van der Waals surface area contributed by atoms with Gasteiger partial charge in [0.05, 0.1) is 6.04 Å². The van der Waals surface area contributed by atoms with Crippen molar-refractivity contribution in [1.82, 2.24) is 30.0 Å². The van der Waals surface area contributed by atoms with Gasteiger partial charge in [-0.1, -0.05) is 32.0 Å². The van der Waals surface area contributed by atoms with Crippen LogP contribution in [0.5, 0.6) is 0 Å². The van der Waals surface area contributed by atoms with Crippen LogP contribution in [0.4, 0.5) is 4.39 Å². The van der Waals surface area contributed by atoms with E-state index < -0.39 is 5.82 Å². The van der Waals surface area contributed by atoms with Crippen LogP contribution in [0.25, 0.3) is 5.69 Å². The van der Waals surface area contributed by atoms with Crippen LogP contribution >= 0.6 is 12.4 Å². The fourth-order valence-electron chi connectivity index (χ4n) is 3.54. The van der Waals surface area contributed by atoms with Crippen molar-refractivity contribution in [1.29, 1.82) is 0 Å². The van der Waals surface area contributed by atoms with E-state index >= 15 is 0 Å². The van der Waals surface area contributed by atoms with Gasteiger partial charge in [-0.25, -0.2) is 14.1 Å². The van der Waals surface area contributed by atoms with Crippen molar-refractivity contribution in [3.63, 3.8) is 0 Å². The highest BCUT2D eigenvalue weighted by Crippen LogP contribution is 2.25. The summed E-state index contributed by atoms with van der Waals surface area (Å²) in [5.41, 5.74) is 1.23. The number of piperazine rings is 1. The van der Waals surface area contributed by atoms with Crippen molar-refractivity contribution in [2.75, 3.05) is 19.6 Å². The summed E-state index contributed by atoms with van der Waals surface area (Å²) in [7, 11) is 0. The largest absolute Gasteiger partial charge is 0.326 e. The molecule has 0 saturated carbocycles. The maximum atomic E-state index is 14.4. The van der Waals surface area contributed by atoms with Crippen LogP contribution in [0.15, 0.2) is 48.8 Å². The van der Waals surface area contributed by atoms with Crippen molar-refractivity contribution in [3.05, 3.63) is 71.8 Å². The molecule has 0 radical (unpaired) electrons. The molecule has 1 unspecified atom stereocenters. The number of nitrogens with one attached hydrogen (secondary N) is 1. The molecule has 1 N–H and O–H groups in total. The Morgan fingerprint density at radius 2 is 2.03 bits per heavy atom. The Kier molecular flexibility index (Phi) is 6.79. The van der Waals surface area contributed by atoms with E-state index in [0.29, 0.717) is 25.5 Å². The first-order chi connectivity index (χ1) is 14.1. The van der Waals surface area contributed by atoms with Crippen LogP contribution in [0.2, 0.25) is 0 Å². The average molecular weight is 431 g/mol. The summed E-state index contributed by atoms with van der Waals surface area (Å²) in [4.78, 5) is 23.8. The number of para-hydroxylation sites is 1. The predicted molar refractivity (Wildman–Crippen MR) is 114 cm³/mol. The molecule has 1 aliphatic heterocycles. The molecule has 0 aliphatic carbocycles. The number of carbonyl (C=O) groups excluding carboxylic acids is 1. The molecule has 2 aromatic heterocycles. The van der Waals surface area contributed by atoms with Gasteiger partial charge >= 0.3 is 0 Å². The Morgan fingerprint density at radius 3 is 2.73 bits per heavy atom. The molecule has 1 amide bonds. The fraction of sp³-hybridized carbons (Fsp3) is 0.333. The lowest BCUT2D eigenvalue weighted by atomic mass is 10.1. The van der Waals surface area contributed by atoms with Gasteiger partial charge in [-0.15, -0.1) is 17.5 Å². The average Bonchev–Trinajstić information content (AvgIpc) is 3.20. The van der Waals surface area contributed by atoms with Crippen LogP contribution in [-0.4, -0.2) is 50.2 Å². The third kappa shape index (κ3) is 4.20. The van der Waals surface area contributed by atoms with Crippen molar-refractivity contribution >= 4 is 18.3 Å². The van der Waals surface area contributed by atoms with E-state index in [1.807, 2.05) is 26.0 Å². The Morgan fingerprint density at radius 1 is 1.23 bits per heavy atom. The molecule has 0 spiro atoms. The Hall–Kier alpha value is -2.84. The molecular formula is C21H24ClFN6O. The highest BCUT2D eigenvalue weighted by molar-refractivity contribution is 5.91. The van der Waals surface area contributed by atoms with Crippen molar-refractivity contribution in [3.8, 4) is 5.69 Å². The Bertz CT molecular complexity index is 1010. The van der Waals surface area contributed by atoms with Gasteiger partial charge in [-0.3, -0.25) is 9.78 Å². The molecule has 1 atom stereocenters. The molecule has 158 valence electrons. The van der Waals surface area contributed by atoms with Gasteiger partial charge in [0, 0.05) is 37.9 Å². The number of hydrogen-bond donors (Lipinski definition) is 1. The molecule has 1 aliphatic rings. The van der Waals surface area contributed by atoms with Crippen LogP contribution in [0.1, 0.15) is 47.8 Å². The Labute approximate surface area is 180 Å². The van der Waals surface area contributed by atoms with E-state index in [4.69, 9.17) is 0 Å². The molecule has 3 heterocycles. The summed E-state index contributed by atoms with van der Waals surface area (Å²) < 4.78 is 15.8. The number of benzene rings is 1. The van der Waals surface area contributed by atoms with Gasteiger partial charge in [-0.2, -0.15) is 0 Å². The second-order valence-electron chi connectivity index (χ2n) is 7.32. The SMILES string of the molecule is CC(C)c1nc(C(=O)N2CCNCC2c2cccnc2)nn1-c1ccccc1F.Cl. The van der Waals surface area contributed by atoms with E-state index in [1.54, 1.807) is 35.5 Å². The molecule has 3 aromatic rings. The number of aromatic nitrogens is 4. The first kappa shape index (κ1) is 21.9. The Balaban J connectivity index is 0.00000256. The maximum absolute atomic E-state index is 14.4. The molecular weight excluding hydrogens is 407 g/mol. The van der Waals surface area contributed by atoms with E-state index in [2.05, 4.69) is 20.4 Å². The van der Waals surface area contributed by atoms with Gasteiger partial charge in [-0.05, 0) is 23.8 Å². The zero-order valence-electron chi connectivity index (χ0n) is 16.8. The third-order valence-electron chi connectivity index (χ3n) is 4.99. The maximum Gasteiger partial charge on any atom is 0.294 e. The van der Waals surface area contributed by atoms with Crippen LogP contribution in [0.3, 0.4) is 0 Å². The number of halogens is 2. The van der Waals surface area contributed by atoms with Crippen molar-refractivity contribution in [2.24, 2.45) is 0 Å². The lowest BCUT2D eigenvalue weighted by Gasteiger charge is -2.35. The molecule has 30 heavy (non-hydrogen) atoms. The quantitative estimate of drug-likeness (QED) is 0.688. The molecule has 0 bridgehead atoms. The van der Waals surface area contributed by atoms with Crippen LogP contribution in [0, 0.1) is 5.82 Å². The zero-order chi connectivity index (χ0) is 20.4. The van der Waals surface area contributed by atoms with Crippen molar-refractivity contribution in [2.45, 2.75) is 25.8 Å². The van der Waals surface area contributed by atoms with Gasteiger partial charge in [0.1, 0.15) is 17.3 Å². The first-order valence-electron chi connectivity index (χ1n) is 9.69. The first-order valence-corrected chi connectivity index (χ1v) is 9.69. The van der Waals surface area contributed by atoms with Crippen molar-refractivity contribution < 1.29 is 9.18 Å². The third-order valence-corrected chi connectivity index (χ3v) is 4.99. The van der Waals surface area contributed by atoms with Crippen LogP contribution in [-0.2, 0) is 0 Å². The molecule has 7 nitrogen and oxygen atoms in total. The number of carbonyl (C=O) groups is 1. The molecule has 9 heteroatoms. The summed E-state index contributed by atoms with van der Waals surface area (Å²) in [5.74, 6) is -0.0777. The van der Waals surface area contributed by atoms with E-state index in [0.717, 1.165) is 5.56 Å². The molecule has 4 rings (SSSR count). The lowest BCUT2D eigenvalue weighted by Crippen LogP contribution is -2.49.